The second-order valence-electron chi connectivity index (χ2n) is 9.97. The van der Waals surface area contributed by atoms with Crippen LogP contribution < -0.4 is 21.9 Å². The Labute approximate surface area is 249 Å². The van der Waals surface area contributed by atoms with E-state index >= 15 is 0 Å². The molecular formula is C27H31ClO15. The number of hydrogen-bond acceptors (Lipinski definition) is 14. The third-order valence-corrected chi connectivity index (χ3v) is 7.11. The molecule has 16 heteroatoms. The van der Waals surface area contributed by atoms with Gasteiger partial charge in [0, 0.05) is 12.1 Å². The number of aliphatic hydroxyl groups is 8. The standard InChI is InChI=1S/C27H30O15.ClH/c28-8-17-19(32)21(34)23(36)26(41-17)39-15-6-12(31)5-14-13(15)7-16(25(38-14)10-1-3-11(30)4-2-10)40-27-24(37)22(35)20(33)18(9-29)42-27;/h1-7,17-24,26-29,32-37H,8-9H2,(H-,30,31);1H/t17-,18-,19+,20+,21-,22-,23-,24-,26-,27-;/m1./s1. The molecule has 0 bridgehead atoms. The molecule has 10 N–H and O–H groups in total. The molecule has 2 aromatic carbocycles. The molecule has 0 spiro atoms. The summed E-state index contributed by atoms with van der Waals surface area (Å²) in [7, 11) is 0. The van der Waals surface area contributed by atoms with Crippen LogP contribution in [0.15, 0.2) is 46.9 Å². The van der Waals surface area contributed by atoms with E-state index in [0.717, 1.165) is 6.07 Å². The van der Waals surface area contributed by atoms with Crippen molar-refractivity contribution in [1.29, 1.82) is 0 Å². The Kier molecular flexibility index (Phi) is 10.2. The van der Waals surface area contributed by atoms with Gasteiger partial charge in [-0.1, -0.05) is 0 Å². The van der Waals surface area contributed by atoms with E-state index in [1.807, 2.05) is 0 Å². The van der Waals surface area contributed by atoms with Gasteiger partial charge in [0.1, 0.15) is 71.5 Å². The maximum atomic E-state index is 10.6. The number of phenolic OH excluding ortho intramolecular Hbond substituents is 2. The lowest BCUT2D eigenvalue weighted by molar-refractivity contribution is -0.277. The first-order valence-corrected chi connectivity index (χ1v) is 12.9. The van der Waals surface area contributed by atoms with Gasteiger partial charge >= 0.3 is 11.3 Å². The maximum Gasteiger partial charge on any atom is 0.402 e. The third kappa shape index (κ3) is 6.43. The lowest BCUT2D eigenvalue weighted by Crippen LogP contribution is -3.00. The SMILES string of the molecule is OC[C@H]1O[C@@H](Oc2cc3c(O[C@@H]4O[C@H](CO)[C@H](O)[C@@H](O)[C@H]4O)cc(O)cc3[o+]c2-c2ccc(O)cc2)[C@H](O)[C@H](O)[C@H]1O.[Cl-]. The van der Waals surface area contributed by atoms with E-state index in [0.29, 0.717) is 5.56 Å². The molecule has 2 fully saturated rings. The number of hydrogen-bond donors (Lipinski definition) is 10. The van der Waals surface area contributed by atoms with Crippen LogP contribution in [-0.2, 0) is 9.47 Å². The Morgan fingerprint density at radius 2 is 1.14 bits per heavy atom. The third-order valence-electron chi connectivity index (χ3n) is 7.11. The fraction of sp³-hybridized carbons (Fsp3) is 0.444. The lowest BCUT2D eigenvalue weighted by Gasteiger charge is -2.39. The van der Waals surface area contributed by atoms with Crippen LogP contribution in [-0.4, -0.2) is 126 Å². The van der Waals surface area contributed by atoms with Crippen molar-refractivity contribution < 1.29 is 86.8 Å². The summed E-state index contributed by atoms with van der Waals surface area (Å²) in [5.74, 6) is -0.673. The van der Waals surface area contributed by atoms with Crippen LogP contribution in [0.25, 0.3) is 22.3 Å². The van der Waals surface area contributed by atoms with Crippen molar-refractivity contribution in [2.24, 2.45) is 0 Å². The van der Waals surface area contributed by atoms with Crippen molar-refractivity contribution in [1.82, 2.24) is 0 Å². The predicted molar refractivity (Wildman–Crippen MR) is 138 cm³/mol. The van der Waals surface area contributed by atoms with Gasteiger partial charge in [-0.05, 0) is 24.3 Å². The van der Waals surface area contributed by atoms with Crippen molar-refractivity contribution in [2.45, 2.75) is 61.4 Å². The van der Waals surface area contributed by atoms with Crippen molar-refractivity contribution in [3.05, 3.63) is 42.5 Å². The Morgan fingerprint density at radius 3 is 1.65 bits per heavy atom. The minimum Gasteiger partial charge on any atom is -1.00 e. The molecule has 43 heavy (non-hydrogen) atoms. The smallest absolute Gasteiger partial charge is 0.402 e. The summed E-state index contributed by atoms with van der Waals surface area (Å²) >= 11 is 0. The molecule has 0 saturated carbocycles. The van der Waals surface area contributed by atoms with Crippen molar-refractivity contribution in [3.63, 3.8) is 0 Å². The summed E-state index contributed by atoms with van der Waals surface area (Å²) in [6.45, 7) is -1.40. The van der Waals surface area contributed by atoms with E-state index in [1.54, 1.807) is 0 Å². The van der Waals surface area contributed by atoms with E-state index in [9.17, 15) is 51.1 Å². The van der Waals surface area contributed by atoms with Gasteiger partial charge in [0.25, 0.3) is 0 Å². The first kappa shape index (κ1) is 32.8. The molecule has 3 aromatic rings. The zero-order valence-electron chi connectivity index (χ0n) is 22.1. The quantitative estimate of drug-likeness (QED) is 0.110. The highest BCUT2D eigenvalue weighted by Gasteiger charge is 2.47. The molecule has 236 valence electrons. The summed E-state index contributed by atoms with van der Waals surface area (Å²) < 4.78 is 28.6. The number of phenols is 2. The van der Waals surface area contributed by atoms with Gasteiger partial charge in [0.05, 0.1) is 24.8 Å². The van der Waals surface area contributed by atoms with Crippen LogP contribution >= 0.6 is 0 Å². The molecule has 1 aromatic heterocycles. The van der Waals surface area contributed by atoms with Gasteiger partial charge in [-0.2, -0.15) is 0 Å². The highest BCUT2D eigenvalue weighted by atomic mass is 35.5. The molecule has 2 saturated heterocycles. The Balaban J connectivity index is 0.00000423. The Bertz CT molecular complexity index is 1390. The van der Waals surface area contributed by atoms with Crippen LogP contribution in [0.2, 0.25) is 0 Å². The average molecular weight is 631 g/mol. The lowest BCUT2D eigenvalue weighted by atomic mass is 9.99. The largest absolute Gasteiger partial charge is 1.00 e. The molecule has 10 atom stereocenters. The molecule has 2 aliphatic heterocycles. The molecule has 3 heterocycles. The number of aliphatic hydroxyl groups excluding tert-OH is 8. The van der Waals surface area contributed by atoms with E-state index < -0.39 is 74.6 Å². The van der Waals surface area contributed by atoms with Crippen LogP contribution in [0.5, 0.6) is 23.0 Å². The van der Waals surface area contributed by atoms with Gasteiger partial charge < -0.3 is 82.4 Å². The molecule has 0 unspecified atom stereocenters. The molecule has 5 rings (SSSR count). The number of benzene rings is 2. The first-order chi connectivity index (χ1) is 20.0. The number of aromatic hydroxyl groups is 2. The molecule has 2 aliphatic rings. The van der Waals surface area contributed by atoms with Crippen LogP contribution in [0.1, 0.15) is 0 Å². The maximum absolute atomic E-state index is 10.6. The van der Waals surface area contributed by atoms with E-state index in [4.69, 9.17) is 23.4 Å². The minimum atomic E-state index is -1.77. The van der Waals surface area contributed by atoms with Crippen molar-refractivity contribution in [2.75, 3.05) is 13.2 Å². The number of rotatable bonds is 7. The van der Waals surface area contributed by atoms with E-state index in [2.05, 4.69) is 0 Å². The number of ether oxygens (including phenoxy) is 4. The fourth-order valence-electron chi connectivity index (χ4n) is 4.75. The van der Waals surface area contributed by atoms with Gasteiger partial charge in [-0.3, -0.25) is 0 Å². The second-order valence-corrected chi connectivity index (χ2v) is 9.97. The monoisotopic (exact) mass is 630 g/mol. The molecule has 0 radical (unpaired) electrons. The Hall–Kier alpha value is -3.06. The average Bonchev–Trinajstić information content (AvgIpc) is 2.98. The van der Waals surface area contributed by atoms with Crippen LogP contribution in [0.4, 0.5) is 0 Å². The summed E-state index contributed by atoms with van der Waals surface area (Å²) in [6.07, 6.45) is -16.0. The zero-order valence-corrected chi connectivity index (χ0v) is 22.9. The van der Waals surface area contributed by atoms with E-state index in [-0.39, 0.29) is 52.1 Å². The van der Waals surface area contributed by atoms with Crippen molar-refractivity contribution >= 4 is 11.0 Å². The first-order valence-electron chi connectivity index (χ1n) is 12.9. The van der Waals surface area contributed by atoms with Gasteiger partial charge in [-0.15, -0.1) is 0 Å². The molecule has 15 nitrogen and oxygen atoms in total. The van der Waals surface area contributed by atoms with E-state index in [1.165, 1.54) is 36.4 Å². The summed E-state index contributed by atoms with van der Waals surface area (Å²) in [6, 6.07) is 9.41. The topological polar surface area (TPSA) is 251 Å². The van der Waals surface area contributed by atoms with Crippen molar-refractivity contribution in [3.8, 4) is 34.3 Å². The number of fused-ring (bicyclic) bond motifs is 1. The Morgan fingerprint density at radius 1 is 0.628 bits per heavy atom. The highest BCUT2D eigenvalue weighted by molar-refractivity contribution is 5.88. The van der Waals surface area contributed by atoms with Crippen LogP contribution in [0, 0.1) is 0 Å². The summed E-state index contributed by atoms with van der Waals surface area (Å²) in [4.78, 5) is 0. The minimum absolute atomic E-state index is 0. The van der Waals surface area contributed by atoms with Gasteiger partial charge in [-0.25, -0.2) is 4.42 Å². The molecule has 0 aliphatic carbocycles. The zero-order chi connectivity index (χ0) is 30.3. The number of halogens is 1. The second kappa shape index (κ2) is 13.3. The fourth-order valence-corrected chi connectivity index (χ4v) is 4.75. The molecule has 0 amide bonds. The van der Waals surface area contributed by atoms with Gasteiger partial charge in [0.2, 0.25) is 18.3 Å². The highest BCUT2D eigenvalue weighted by Crippen LogP contribution is 2.42. The normalized spacial score (nSPS) is 32.7. The summed E-state index contributed by atoms with van der Waals surface area (Å²) in [5.41, 5.74) is 0.368. The predicted octanol–water partition coefficient (Wildman–Crippen LogP) is -4.85. The van der Waals surface area contributed by atoms with Crippen LogP contribution in [0.3, 0.4) is 0 Å². The van der Waals surface area contributed by atoms with Gasteiger partial charge in [0.15, 0.2) is 0 Å². The molecular weight excluding hydrogens is 600 g/mol. The summed E-state index contributed by atoms with van der Waals surface area (Å²) in [5, 5.41) is 101.